The van der Waals surface area contributed by atoms with E-state index in [1.54, 1.807) is 18.4 Å². The van der Waals surface area contributed by atoms with Gasteiger partial charge in [-0.3, -0.25) is 9.59 Å². The van der Waals surface area contributed by atoms with Crippen LogP contribution >= 0.6 is 11.3 Å². The van der Waals surface area contributed by atoms with Crippen LogP contribution in [0.4, 0.5) is 0 Å². The van der Waals surface area contributed by atoms with Crippen molar-refractivity contribution in [3.63, 3.8) is 0 Å². The van der Waals surface area contributed by atoms with Gasteiger partial charge in [0.05, 0.1) is 23.2 Å². The first-order valence-corrected chi connectivity index (χ1v) is 9.07. The van der Waals surface area contributed by atoms with E-state index in [-0.39, 0.29) is 30.1 Å². The second-order valence-corrected chi connectivity index (χ2v) is 8.72. The first-order chi connectivity index (χ1) is 11.1. The molecule has 0 saturated heterocycles. The first kappa shape index (κ1) is 18.6. The highest BCUT2D eigenvalue weighted by atomic mass is 32.1. The van der Waals surface area contributed by atoms with Crippen LogP contribution < -0.4 is 0 Å². The molecule has 0 fully saturated rings. The van der Waals surface area contributed by atoms with E-state index in [9.17, 15) is 9.59 Å². The molecular weight excluding hydrogens is 320 g/mol. The average molecular weight is 346 g/mol. The average Bonchev–Trinajstić information content (AvgIpc) is 2.84. The Morgan fingerprint density at radius 3 is 2.62 bits per heavy atom. The van der Waals surface area contributed by atoms with Crippen molar-refractivity contribution in [1.82, 2.24) is 9.88 Å². The normalized spacial score (nSPS) is 11.7. The van der Waals surface area contributed by atoms with Gasteiger partial charge in [-0.15, -0.1) is 11.3 Å². The van der Waals surface area contributed by atoms with Gasteiger partial charge in [0.15, 0.2) is 5.78 Å². The standard InChI is InChI=1S/C19H26N2O2S/c1-13-6-7-15-16(10-13)24-17(20-15)11-14(22)12-21(5)18(23)8-9-19(2,3)4/h6-7,10H,8-9,11-12H2,1-5H3. The number of carbonyl (C=O) groups is 2. The first-order valence-electron chi connectivity index (χ1n) is 8.26. The minimum atomic E-state index is 0.0254. The van der Waals surface area contributed by atoms with E-state index in [0.29, 0.717) is 6.42 Å². The molecule has 0 atom stereocenters. The molecule has 1 aromatic heterocycles. The summed E-state index contributed by atoms with van der Waals surface area (Å²) in [7, 11) is 1.70. The Morgan fingerprint density at radius 1 is 1.25 bits per heavy atom. The van der Waals surface area contributed by atoms with E-state index in [1.807, 2.05) is 19.1 Å². The van der Waals surface area contributed by atoms with Crippen LogP contribution in [0.2, 0.25) is 0 Å². The Hall–Kier alpha value is -1.75. The number of benzene rings is 1. The van der Waals surface area contributed by atoms with Crippen LogP contribution in [0.5, 0.6) is 0 Å². The van der Waals surface area contributed by atoms with Gasteiger partial charge >= 0.3 is 0 Å². The van der Waals surface area contributed by atoms with Gasteiger partial charge in [-0.2, -0.15) is 0 Å². The van der Waals surface area contributed by atoms with Gasteiger partial charge < -0.3 is 4.90 Å². The molecule has 0 unspecified atom stereocenters. The largest absolute Gasteiger partial charge is 0.338 e. The SMILES string of the molecule is Cc1ccc2nc(CC(=O)CN(C)C(=O)CCC(C)(C)C)sc2c1. The van der Waals surface area contributed by atoms with Gasteiger partial charge in [0, 0.05) is 13.5 Å². The number of hydrogen-bond acceptors (Lipinski definition) is 4. The van der Waals surface area contributed by atoms with Crippen LogP contribution in [0.3, 0.4) is 0 Å². The number of Topliss-reactive ketones (excluding diaryl/α,β-unsaturated/α-hetero) is 1. The minimum Gasteiger partial charge on any atom is -0.338 e. The summed E-state index contributed by atoms with van der Waals surface area (Å²) in [5.74, 6) is 0.0515. The molecule has 1 amide bonds. The van der Waals surface area contributed by atoms with Crippen molar-refractivity contribution >= 4 is 33.2 Å². The molecule has 24 heavy (non-hydrogen) atoms. The van der Waals surface area contributed by atoms with Gasteiger partial charge in [-0.1, -0.05) is 26.8 Å². The van der Waals surface area contributed by atoms with E-state index >= 15 is 0 Å². The van der Waals surface area contributed by atoms with Crippen molar-refractivity contribution in [2.24, 2.45) is 5.41 Å². The molecule has 5 heteroatoms. The number of fused-ring (bicyclic) bond motifs is 1. The lowest BCUT2D eigenvalue weighted by atomic mass is 9.90. The van der Waals surface area contributed by atoms with E-state index < -0.39 is 0 Å². The van der Waals surface area contributed by atoms with Crippen LogP contribution in [0.15, 0.2) is 18.2 Å². The van der Waals surface area contributed by atoms with Crippen LogP contribution in [-0.4, -0.2) is 35.2 Å². The summed E-state index contributed by atoms with van der Waals surface area (Å²) in [6.07, 6.45) is 1.59. The molecule has 0 spiro atoms. The molecule has 2 aromatic rings. The molecule has 0 aliphatic carbocycles. The lowest BCUT2D eigenvalue weighted by Crippen LogP contribution is -2.33. The monoisotopic (exact) mass is 346 g/mol. The molecule has 0 saturated carbocycles. The quantitative estimate of drug-likeness (QED) is 0.794. The number of rotatable bonds is 6. The van der Waals surface area contributed by atoms with Crippen molar-refractivity contribution in [2.75, 3.05) is 13.6 Å². The highest BCUT2D eigenvalue weighted by molar-refractivity contribution is 7.18. The second kappa shape index (κ2) is 7.43. The van der Waals surface area contributed by atoms with E-state index in [2.05, 4.69) is 31.8 Å². The predicted molar refractivity (Wildman–Crippen MR) is 99.4 cm³/mol. The minimum absolute atomic E-state index is 0.0254. The molecule has 2 rings (SSSR count). The molecule has 0 aliphatic rings. The maximum absolute atomic E-state index is 12.2. The number of aryl methyl sites for hydroxylation is 1. The molecule has 4 nitrogen and oxygen atoms in total. The molecule has 0 radical (unpaired) electrons. The fourth-order valence-electron chi connectivity index (χ4n) is 2.41. The Labute approximate surface area is 147 Å². The van der Waals surface area contributed by atoms with Crippen LogP contribution in [-0.2, 0) is 16.0 Å². The lowest BCUT2D eigenvalue weighted by molar-refractivity contribution is -0.134. The number of nitrogens with zero attached hydrogens (tertiary/aromatic N) is 2. The summed E-state index contributed by atoms with van der Waals surface area (Å²) in [5, 5.41) is 0.816. The number of aromatic nitrogens is 1. The second-order valence-electron chi connectivity index (χ2n) is 7.60. The highest BCUT2D eigenvalue weighted by Crippen LogP contribution is 2.24. The molecular formula is C19H26N2O2S. The fourth-order valence-corrected chi connectivity index (χ4v) is 3.50. The van der Waals surface area contributed by atoms with Gasteiger partial charge in [0.25, 0.3) is 0 Å². The van der Waals surface area contributed by atoms with Gasteiger partial charge in [0.2, 0.25) is 5.91 Å². The number of likely N-dealkylation sites (N-methyl/N-ethyl adjacent to an activating group) is 1. The Bertz CT molecular complexity index is 743. The third kappa shape index (κ3) is 5.41. The molecule has 1 aromatic carbocycles. The van der Waals surface area contributed by atoms with Crippen molar-refractivity contribution in [3.8, 4) is 0 Å². The Kier molecular flexibility index (Phi) is 5.75. The highest BCUT2D eigenvalue weighted by Gasteiger charge is 2.18. The van der Waals surface area contributed by atoms with Crippen molar-refractivity contribution < 1.29 is 9.59 Å². The maximum Gasteiger partial charge on any atom is 0.222 e. The van der Waals surface area contributed by atoms with Gasteiger partial charge in [-0.25, -0.2) is 4.98 Å². The zero-order valence-electron chi connectivity index (χ0n) is 15.2. The summed E-state index contributed by atoms with van der Waals surface area (Å²) in [6.45, 7) is 8.53. The van der Waals surface area contributed by atoms with Gasteiger partial charge in [0.1, 0.15) is 5.01 Å². The summed E-state index contributed by atoms with van der Waals surface area (Å²) >= 11 is 1.55. The van der Waals surface area contributed by atoms with Gasteiger partial charge in [-0.05, 0) is 36.5 Å². The van der Waals surface area contributed by atoms with Crippen LogP contribution in [0, 0.1) is 12.3 Å². The fraction of sp³-hybridized carbons (Fsp3) is 0.526. The molecule has 130 valence electrons. The van der Waals surface area contributed by atoms with Crippen molar-refractivity contribution in [2.45, 2.75) is 47.0 Å². The summed E-state index contributed by atoms with van der Waals surface area (Å²) in [4.78, 5) is 30.4. The third-order valence-corrected chi connectivity index (χ3v) is 4.88. The van der Waals surface area contributed by atoms with E-state index in [0.717, 1.165) is 21.6 Å². The zero-order chi connectivity index (χ0) is 17.9. The number of carbonyl (C=O) groups excluding carboxylic acids is 2. The van der Waals surface area contributed by atoms with Crippen LogP contribution in [0.1, 0.15) is 44.2 Å². The number of hydrogen-bond donors (Lipinski definition) is 0. The van der Waals surface area contributed by atoms with Crippen molar-refractivity contribution in [1.29, 1.82) is 0 Å². The Morgan fingerprint density at radius 2 is 1.96 bits per heavy atom. The molecule has 0 bridgehead atoms. The zero-order valence-corrected chi connectivity index (χ0v) is 16.0. The van der Waals surface area contributed by atoms with E-state index in [4.69, 9.17) is 0 Å². The van der Waals surface area contributed by atoms with Crippen molar-refractivity contribution in [3.05, 3.63) is 28.8 Å². The topological polar surface area (TPSA) is 50.3 Å². The predicted octanol–water partition coefficient (Wildman–Crippen LogP) is 4.00. The number of amides is 1. The number of thiazole rings is 1. The maximum atomic E-state index is 12.2. The third-order valence-electron chi connectivity index (χ3n) is 3.86. The molecule has 0 aliphatic heterocycles. The molecule has 0 N–H and O–H groups in total. The molecule has 1 heterocycles. The summed E-state index contributed by atoms with van der Waals surface area (Å²) in [6, 6.07) is 6.09. The number of ketones is 1. The van der Waals surface area contributed by atoms with E-state index in [1.165, 1.54) is 10.5 Å². The summed E-state index contributed by atoms with van der Waals surface area (Å²) < 4.78 is 1.10. The Balaban J connectivity index is 1.90. The summed E-state index contributed by atoms with van der Waals surface area (Å²) in [5.41, 5.74) is 2.25. The lowest BCUT2D eigenvalue weighted by Gasteiger charge is -2.21. The van der Waals surface area contributed by atoms with Crippen LogP contribution in [0.25, 0.3) is 10.2 Å². The smallest absolute Gasteiger partial charge is 0.222 e.